The molecule has 0 amide bonds. The number of aryl methyl sites for hydroxylation is 2. The van der Waals surface area contributed by atoms with Gasteiger partial charge in [-0.25, -0.2) is 4.39 Å². The molecule has 0 N–H and O–H groups in total. The molecule has 2 heterocycles. The lowest BCUT2D eigenvalue weighted by Gasteiger charge is -2.08. The van der Waals surface area contributed by atoms with Gasteiger partial charge in [0.2, 0.25) is 0 Å². The van der Waals surface area contributed by atoms with Gasteiger partial charge in [-0.15, -0.1) is 0 Å². The summed E-state index contributed by atoms with van der Waals surface area (Å²) in [6.45, 7) is 5.67. The molecule has 5 heteroatoms. The third-order valence-electron chi connectivity index (χ3n) is 3.75. The summed E-state index contributed by atoms with van der Waals surface area (Å²) < 4.78 is 18.6. The van der Waals surface area contributed by atoms with E-state index in [1.807, 2.05) is 23.0 Å². The largest absolute Gasteiger partial charge is 0.341 e. The fourth-order valence-electron chi connectivity index (χ4n) is 2.62. The van der Waals surface area contributed by atoms with Crippen LogP contribution in [0.4, 0.5) is 4.39 Å². The maximum Gasteiger partial charge on any atom is 0.125 e. The molecule has 0 aliphatic rings. The molecule has 0 aliphatic heterocycles. The van der Waals surface area contributed by atoms with Crippen LogP contribution in [0.25, 0.3) is 10.9 Å². The summed E-state index contributed by atoms with van der Waals surface area (Å²) in [6, 6.07) is 6.89. The summed E-state index contributed by atoms with van der Waals surface area (Å²) in [6.07, 6.45) is 2.89. The van der Waals surface area contributed by atoms with Crippen LogP contribution in [-0.2, 0) is 19.5 Å². The zero-order valence-corrected chi connectivity index (χ0v) is 13.7. The van der Waals surface area contributed by atoms with Gasteiger partial charge < -0.3 is 4.57 Å². The van der Waals surface area contributed by atoms with Gasteiger partial charge in [-0.3, -0.25) is 4.68 Å². The van der Waals surface area contributed by atoms with Crippen LogP contribution in [0.3, 0.4) is 0 Å². The molecule has 0 bridgehead atoms. The highest BCUT2D eigenvalue weighted by Gasteiger charge is 2.15. The Hall–Kier alpha value is -1.62. The Labute approximate surface area is 131 Å². The van der Waals surface area contributed by atoms with E-state index >= 15 is 0 Å². The van der Waals surface area contributed by atoms with E-state index in [0.717, 1.165) is 39.7 Å². The van der Waals surface area contributed by atoms with E-state index in [1.165, 1.54) is 6.07 Å². The van der Waals surface area contributed by atoms with Crippen molar-refractivity contribution in [1.29, 1.82) is 0 Å². The molecule has 0 unspecified atom stereocenters. The highest BCUT2D eigenvalue weighted by atomic mass is 79.9. The summed E-state index contributed by atoms with van der Waals surface area (Å²) in [4.78, 5) is 0. The standard InChI is InChI=1S/C16H17BrFN3/c1-3-13-16(17)15(21(4-2)19-13)10-20-8-7-11-5-6-12(18)9-14(11)20/h5-9H,3-4,10H2,1-2H3. The molecule has 3 nitrogen and oxygen atoms in total. The van der Waals surface area contributed by atoms with Crippen molar-refractivity contribution in [3.8, 4) is 0 Å². The Morgan fingerprint density at radius 2 is 2.05 bits per heavy atom. The van der Waals surface area contributed by atoms with Crippen molar-refractivity contribution in [2.45, 2.75) is 33.4 Å². The predicted octanol–water partition coefficient (Wildman–Crippen LogP) is 4.37. The molecule has 0 atom stereocenters. The zero-order valence-electron chi connectivity index (χ0n) is 12.1. The van der Waals surface area contributed by atoms with Gasteiger partial charge in [0.05, 0.1) is 27.9 Å². The minimum absolute atomic E-state index is 0.209. The fourth-order valence-corrected chi connectivity index (χ4v) is 3.31. The van der Waals surface area contributed by atoms with Crippen LogP contribution in [-0.4, -0.2) is 14.3 Å². The fraction of sp³-hybridized carbons (Fsp3) is 0.312. The average Bonchev–Trinajstić information content (AvgIpc) is 3.01. The van der Waals surface area contributed by atoms with Gasteiger partial charge in [-0.05, 0) is 58.9 Å². The molecule has 2 aromatic heterocycles. The second-order valence-corrected chi connectivity index (χ2v) is 5.82. The molecule has 3 aromatic rings. The Kier molecular flexibility index (Phi) is 3.85. The van der Waals surface area contributed by atoms with Crippen LogP contribution in [0, 0.1) is 5.82 Å². The maximum atomic E-state index is 13.5. The van der Waals surface area contributed by atoms with Crippen LogP contribution in [0.2, 0.25) is 0 Å². The molecule has 110 valence electrons. The average molecular weight is 350 g/mol. The monoisotopic (exact) mass is 349 g/mol. The lowest BCUT2D eigenvalue weighted by Crippen LogP contribution is -2.07. The second kappa shape index (κ2) is 5.64. The van der Waals surface area contributed by atoms with Gasteiger partial charge in [0.25, 0.3) is 0 Å². The molecular formula is C16H17BrFN3. The van der Waals surface area contributed by atoms with Gasteiger partial charge in [0.1, 0.15) is 5.82 Å². The SMILES string of the molecule is CCc1nn(CC)c(Cn2ccc3ccc(F)cc32)c1Br. The molecule has 0 aliphatic carbocycles. The first kappa shape index (κ1) is 14.3. The van der Waals surface area contributed by atoms with E-state index in [1.54, 1.807) is 6.07 Å². The number of hydrogen-bond acceptors (Lipinski definition) is 1. The Bertz CT molecular complexity index is 788. The van der Waals surface area contributed by atoms with Gasteiger partial charge in [-0.1, -0.05) is 6.92 Å². The molecule has 1 aromatic carbocycles. The lowest BCUT2D eigenvalue weighted by molar-refractivity contribution is 0.597. The minimum Gasteiger partial charge on any atom is -0.341 e. The van der Waals surface area contributed by atoms with Gasteiger partial charge in [0, 0.05) is 12.7 Å². The quantitative estimate of drug-likeness (QED) is 0.685. The van der Waals surface area contributed by atoms with E-state index in [0.29, 0.717) is 6.54 Å². The van der Waals surface area contributed by atoms with Crippen LogP contribution in [0.1, 0.15) is 25.2 Å². The van der Waals surface area contributed by atoms with Crippen molar-refractivity contribution in [1.82, 2.24) is 14.3 Å². The van der Waals surface area contributed by atoms with E-state index in [9.17, 15) is 4.39 Å². The molecular weight excluding hydrogens is 333 g/mol. The molecule has 0 saturated heterocycles. The number of benzene rings is 1. The number of halogens is 2. The first-order chi connectivity index (χ1) is 10.1. The summed E-state index contributed by atoms with van der Waals surface area (Å²) in [7, 11) is 0. The summed E-state index contributed by atoms with van der Waals surface area (Å²) in [5.41, 5.74) is 3.09. The van der Waals surface area contributed by atoms with E-state index in [-0.39, 0.29) is 5.82 Å². The van der Waals surface area contributed by atoms with E-state index in [2.05, 4.69) is 39.4 Å². The highest BCUT2D eigenvalue weighted by Crippen LogP contribution is 2.25. The lowest BCUT2D eigenvalue weighted by atomic mass is 10.2. The molecule has 0 radical (unpaired) electrons. The van der Waals surface area contributed by atoms with Crippen LogP contribution >= 0.6 is 15.9 Å². The third-order valence-corrected chi connectivity index (χ3v) is 4.67. The van der Waals surface area contributed by atoms with Crippen LogP contribution in [0.5, 0.6) is 0 Å². The van der Waals surface area contributed by atoms with Gasteiger partial charge in [0.15, 0.2) is 0 Å². The van der Waals surface area contributed by atoms with E-state index < -0.39 is 0 Å². The van der Waals surface area contributed by atoms with Crippen LogP contribution in [0.15, 0.2) is 34.9 Å². The zero-order chi connectivity index (χ0) is 15.0. The minimum atomic E-state index is -0.209. The molecule has 0 saturated carbocycles. The number of rotatable bonds is 4. The maximum absolute atomic E-state index is 13.5. The molecule has 21 heavy (non-hydrogen) atoms. The molecule has 0 fully saturated rings. The Balaban J connectivity index is 2.06. The van der Waals surface area contributed by atoms with E-state index in [4.69, 9.17) is 0 Å². The van der Waals surface area contributed by atoms with Crippen molar-refractivity contribution in [2.24, 2.45) is 0 Å². The number of hydrogen-bond donors (Lipinski definition) is 0. The van der Waals surface area contributed by atoms with Gasteiger partial charge in [-0.2, -0.15) is 5.10 Å². The third kappa shape index (κ3) is 2.50. The Morgan fingerprint density at radius 1 is 1.24 bits per heavy atom. The smallest absolute Gasteiger partial charge is 0.125 e. The van der Waals surface area contributed by atoms with Crippen molar-refractivity contribution in [3.63, 3.8) is 0 Å². The summed E-state index contributed by atoms with van der Waals surface area (Å²) in [5.74, 6) is -0.209. The second-order valence-electron chi connectivity index (χ2n) is 5.02. The Morgan fingerprint density at radius 3 is 2.76 bits per heavy atom. The normalized spacial score (nSPS) is 11.4. The van der Waals surface area contributed by atoms with Crippen molar-refractivity contribution in [3.05, 3.63) is 52.1 Å². The summed E-state index contributed by atoms with van der Waals surface area (Å²) >= 11 is 3.66. The molecule has 0 spiro atoms. The first-order valence-corrected chi connectivity index (χ1v) is 7.91. The van der Waals surface area contributed by atoms with Crippen LogP contribution < -0.4 is 0 Å². The van der Waals surface area contributed by atoms with Crippen molar-refractivity contribution < 1.29 is 4.39 Å². The van der Waals surface area contributed by atoms with Gasteiger partial charge >= 0.3 is 0 Å². The number of nitrogens with zero attached hydrogens (tertiary/aromatic N) is 3. The molecule has 3 rings (SSSR count). The summed E-state index contributed by atoms with van der Waals surface area (Å²) in [5, 5.41) is 5.65. The highest BCUT2D eigenvalue weighted by molar-refractivity contribution is 9.10. The number of aromatic nitrogens is 3. The topological polar surface area (TPSA) is 22.8 Å². The van der Waals surface area contributed by atoms with Crippen molar-refractivity contribution >= 4 is 26.8 Å². The first-order valence-electron chi connectivity index (χ1n) is 7.12. The predicted molar refractivity (Wildman–Crippen MR) is 86.0 cm³/mol. The van der Waals surface area contributed by atoms with Crippen molar-refractivity contribution in [2.75, 3.05) is 0 Å². The number of fused-ring (bicyclic) bond motifs is 1.